The van der Waals surface area contributed by atoms with Gasteiger partial charge in [0.05, 0.1) is 5.69 Å². The molecule has 0 radical (unpaired) electrons. The second-order valence-electron chi connectivity index (χ2n) is 11.5. The predicted octanol–water partition coefficient (Wildman–Crippen LogP) is 10.6. The number of halogens is 1. The summed E-state index contributed by atoms with van der Waals surface area (Å²) in [5.41, 5.74) is 12.1. The number of rotatable bonds is 7. The Kier molecular flexibility index (Phi) is 8.32. The first-order valence-corrected chi connectivity index (χ1v) is 16.1. The Hall–Kier alpha value is -5.26. The molecule has 0 amide bonds. The third kappa shape index (κ3) is 6.42. The zero-order valence-electron chi connectivity index (χ0n) is 25.7. The van der Waals surface area contributed by atoms with E-state index in [1.807, 2.05) is 66.9 Å². The Morgan fingerprint density at radius 2 is 1.13 bits per heavy atom. The summed E-state index contributed by atoms with van der Waals surface area (Å²) in [7, 11) is 0. The molecule has 0 aliphatic heterocycles. The van der Waals surface area contributed by atoms with Crippen LogP contribution in [-0.4, -0.2) is 19.9 Å². The van der Waals surface area contributed by atoms with Gasteiger partial charge in [-0.05, 0) is 59.9 Å². The van der Waals surface area contributed by atoms with Crippen LogP contribution in [0.25, 0.3) is 56.3 Å². The van der Waals surface area contributed by atoms with E-state index in [9.17, 15) is 0 Å². The number of aryl methyl sites for hydroxylation is 2. The van der Waals surface area contributed by atoms with Crippen LogP contribution in [0.4, 0.5) is 0 Å². The van der Waals surface area contributed by atoms with Gasteiger partial charge in [-0.25, -0.2) is 15.0 Å². The lowest BCUT2D eigenvalue weighted by Crippen LogP contribution is -2.04. The molecular formula is C41H31BrN4. The van der Waals surface area contributed by atoms with Crippen molar-refractivity contribution in [2.45, 2.75) is 20.3 Å². The van der Waals surface area contributed by atoms with Crippen molar-refractivity contribution in [2.75, 3.05) is 0 Å². The van der Waals surface area contributed by atoms with Crippen molar-refractivity contribution in [1.29, 1.82) is 0 Å². The van der Waals surface area contributed by atoms with Gasteiger partial charge in [0.1, 0.15) is 5.82 Å². The fourth-order valence-electron chi connectivity index (χ4n) is 5.81. The van der Waals surface area contributed by atoms with E-state index in [0.717, 1.165) is 43.8 Å². The van der Waals surface area contributed by atoms with Gasteiger partial charge >= 0.3 is 0 Å². The first kappa shape index (κ1) is 29.5. The second-order valence-corrected chi connectivity index (χ2v) is 12.3. The predicted molar refractivity (Wildman–Crippen MR) is 191 cm³/mol. The molecule has 0 N–H and O–H groups in total. The monoisotopic (exact) mass is 658 g/mol. The van der Waals surface area contributed by atoms with E-state index in [2.05, 4.69) is 103 Å². The smallest absolute Gasteiger partial charge is 0.165 e. The first-order valence-electron chi connectivity index (χ1n) is 15.3. The van der Waals surface area contributed by atoms with Gasteiger partial charge in [-0.15, -0.1) is 0 Å². The van der Waals surface area contributed by atoms with E-state index in [4.69, 9.17) is 19.9 Å². The zero-order valence-corrected chi connectivity index (χ0v) is 27.2. The topological polar surface area (TPSA) is 51.6 Å². The molecule has 7 rings (SSSR count). The summed E-state index contributed by atoms with van der Waals surface area (Å²) in [5.74, 6) is 1.99. The van der Waals surface area contributed by atoms with Gasteiger partial charge in [-0.1, -0.05) is 142 Å². The number of nitrogens with zero attached hydrogens (tertiary/aromatic N) is 4. The summed E-state index contributed by atoms with van der Waals surface area (Å²) >= 11 is 3.88. The van der Waals surface area contributed by atoms with Crippen LogP contribution in [0.3, 0.4) is 0 Å². The summed E-state index contributed by atoms with van der Waals surface area (Å²) in [6, 6.07) is 46.1. The molecule has 46 heavy (non-hydrogen) atoms. The maximum absolute atomic E-state index is 4.86. The third-order valence-corrected chi connectivity index (χ3v) is 8.61. The van der Waals surface area contributed by atoms with Gasteiger partial charge in [0.15, 0.2) is 11.6 Å². The molecule has 0 spiro atoms. The van der Waals surface area contributed by atoms with Crippen molar-refractivity contribution in [3.63, 3.8) is 0 Å². The zero-order chi connectivity index (χ0) is 31.5. The average molecular weight is 660 g/mol. The fraction of sp³-hybridized carbons (Fsp3) is 0.0732. The third-order valence-electron chi connectivity index (χ3n) is 7.96. The molecule has 222 valence electrons. The number of hydrogen-bond acceptors (Lipinski definition) is 4. The summed E-state index contributed by atoms with van der Waals surface area (Å²) in [6.45, 7) is 4.30. The average Bonchev–Trinajstić information content (AvgIpc) is 3.09. The van der Waals surface area contributed by atoms with E-state index in [0.29, 0.717) is 18.1 Å². The van der Waals surface area contributed by atoms with E-state index in [-0.39, 0.29) is 0 Å². The van der Waals surface area contributed by atoms with Crippen molar-refractivity contribution in [1.82, 2.24) is 19.9 Å². The number of aromatic nitrogens is 4. The Balaban J connectivity index is 1.20. The number of hydrogen-bond donors (Lipinski definition) is 0. The minimum absolute atomic E-state index is 0.610. The molecule has 5 heteroatoms. The van der Waals surface area contributed by atoms with E-state index < -0.39 is 0 Å². The Bertz CT molecular complexity index is 2120. The first-order chi connectivity index (χ1) is 22.5. The maximum Gasteiger partial charge on any atom is 0.165 e. The van der Waals surface area contributed by atoms with Crippen LogP contribution in [0.5, 0.6) is 0 Å². The summed E-state index contributed by atoms with van der Waals surface area (Å²) in [6.07, 6.45) is 2.47. The van der Waals surface area contributed by atoms with Crippen molar-refractivity contribution >= 4 is 15.9 Å². The molecule has 0 aliphatic rings. The molecule has 5 aromatic carbocycles. The minimum atomic E-state index is 0.610. The molecule has 0 aliphatic carbocycles. The lowest BCUT2D eigenvalue weighted by atomic mass is 9.92. The lowest BCUT2D eigenvalue weighted by molar-refractivity contribution is 0.932. The SMILES string of the molecule is Cc1cc(C)cc(-c2ccccc2-c2ccc(-c3ccc(-c4nc(Cc5ccccc5)nc(-c5ccccc5)n4)cn3)cc2Br)c1. The van der Waals surface area contributed by atoms with Gasteiger partial charge in [0, 0.05) is 33.8 Å². The van der Waals surface area contributed by atoms with Crippen molar-refractivity contribution in [2.24, 2.45) is 0 Å². The molecule has 0 fully saturated rings. The Morgan fingerprint density at radius 3 is 1.80 bits per heavy atom. The van der Waals surface area contributed by atoms with Crippen LogP contribution in [0.1, 0.15) is 22.5 Å². The van der Waals surface area contributed by atoms with Crippen LogP contribution < -0.4 is 0 Å². The number of benzene rings is 5. The highest BCUT2D eigenvalue weighted by atomic mass is 79.9. The summed E-state index contributed by atoms with van der Waals surface area (Å²) < 4.78 is 1.02. The number of pyridine rings is 1. The molecule has 0 unspecified atom stereocenters. The Morgan fingerprint density at radius 1 is 0.500 bits per heavy atom. The quantitative estimate of drug-likeness (QED) is 0.171. The molecule has 4 nitrogen and oxygen atoms in total. The van der Waals surface area contributed by atoms with E-state index in [1.165, 1.54) is 27.8 Å². The summed E-state index contributed by atoms with van der Waals surface area (Å²) in [4.78, 5) is 19.4. The fourth-order valence-corrected chi connectivity index (χ4v) is 6.40. The molecular weight excluding hydrogens is 628 g/mol. The van der Waals surface area contributed by atoms with Gasteiger partial charge in [0.25, 0.3) is 0 Å². The highest BCUT2D eigenvalue weighted by molar-refractivity contribution is 9.10. The largest absolute Gasteiger partial charge is 0.255 e. The van der Waals surface area contributed by atoms with Gasteiger partial charge < -0.3 is 0 Å². The van der Waals surface area contributed by atoms with Gasteiger partial charge in [-0.3, -0.25) is 4.98 Å². The normalized spacial score (nSPS) is 11.0. The standard InChI is InChI=1S/C41H31BrN4/c1-27-21-28(2)23-33(22-27)34-15-9-10-16-35(34)36-19-17-31(25-37(36)42)38-20-18-32(26-43-38)41-45-39(24-29-11-5-3-6-12-29)44-40(46-41)30-13-7-4-8-14-30/h3-23,25-26H,24H2,1-2H3. The molecule has 0 saturated carbocycles. The second kappa shape index (κ2) is 13.0. The highest BCUT2D eigenvalue weighted by Gasteiger charge is 2.14. The summed E-state index contributed by atoms with van der Waals surface area (Å²) in [5, 5.41) is 0. The van der Waals surface area contributed by atoms with Crippen LogP contribution >= 0.6 is 15.9 Å². The van der Waals surface area contributed by atoms with Crippen LogP contribution in [0, 0.1) is 13.8 Å². The van der Waals surface area contributed by atoms with E-state index in [1.54, 1.807) is 0 Å². The minimum Gasteiger partial charge on any atom is -0.255 e. The Labute approximate surface area is 278 Å². The molecule has 0 saturated heterocycles. The molecule has 2 heterocycles. The van der Waals surface area contributed by atoms with Crippen LogP contribution in [0.2, 0.25) is 0 Å². The van der Waals surface area contributed by atoms with Crippen molar-refractivity contribution < 1.29 is 0 Å². The van der Waals surface area contributed by atoms with Crippen molar-refractivity contribution in [3.05, 3.63) is 167 Å². The highest BCUT2D eigenvalue weighted by Crippen LogP contribution is 2.38. The molecule has 0 atom stereocenters. The molecule has 7 aromatic rings. The van der Waals surface area contributed by atoms with Gasteiger partial charge in [-0.2, -0.15) is 0 Å². The maximum atomic E-state index is 4.86. The van der Waals surface area contributed by atoms with Crippen molar-refractivity contribution in [3.8, 4) is 56.3 Å². The molecule has 0 bridgehead atoms. The lowest BCUT2D eigenvalue weighted by Gasteiger charge is -2.14. The van der Waals surface area contributed by atoms with Crippen LogP contribution in [0.15, 0.2) is 144 Å². The molecule has 2 aromatic heterocycles. The van der Waals surface area contributed by atoms with Gasteiger partial charge in [0.2, 0.25) is 0 Å². The van der Waals surface area contributed by atoms with Crippen LogP contribution in [-0.2, 0) is 6.42 Å². The van der Waals surface area contributed by atoms with E-state index >= 15 is 0 Å².